The Morgan fingerprint density at radius 2 is 1.93 bits per heavy atom. The predicted molar refractivity (Wildman–Crippen MR) is 109 cm³/mol. The summed E-state index contributed by atoms with van der Waals surface area (Å²) in [6.45, 7) is 5.44. The fraction of sp³-hybridized carbons (Fsp3) is 0.348. The highest BCUT2D eigenvalue weighted by Crippen LogP contribution is 2.32. The molecule has 29 heavy (non-hydrogen) atoms. The highest BCUT2D eigenvalue weighted by atomic mass is 16.5. The average molecular weight is 388 g/mol. The molecule has 2 aromatic carbocycles. The second kappa shape index (κ2) is 7.44. The van der Waals surface area contributed by atoms with Crippen LogP contribution < -0.4 is 0 Å². The van der Waals surface area contributed by atoms with E-state index in [9.17, 15) is 4.79 Å². The molecular weight excluding hydrogens is 364 g/mol. The van der Waals surface area contributed by atoms with Gasteiger partial charge in [0.2, 0.25) is 17.6 Å². The van der Waals surface area contributed by atoms with Gasteiger partial charge in [0.15, 0.2) is 0 Å². The smallest absolute Gasteiger partial charge is 0.236 e. The van der Waals surface area contributed by atoms with Crippen LogP contribution in [-0.2, 0) is 17.6 Å². The van der Waals surface area contributed by atoms with E-state index in [0.29, 0.717) is 18.3 Å². The molecule has 0 N–H and O–H groups in total. The summed E-state index contributed by atoms with van der Waals surface area (Å²) < 4.78 is 5.38. The van der Waals surface area contributed by atoms with Crippen LogP contribution in [0.5, 0.6) is 0 Å². The maximum atomic E-state index is 12.9. The molecule has 148 valence electrons. The number of aromatic nitrogens is 2. The number of fused-ring (bicyclic) bond motifs is 3. The topological polar surface area (TPSA) is 62.5 Å². The minimum Gasteiger partial charge on any atom is -0.339 e. The van der Waals surface area contributed by atoms with Gasteiger partial charge in [0.05, 0.1) is 6.04 Å². The van der Waals surface area contributed by atoms with Gasteiger partial charge in [-0.2, -0.15) is 4.98 Å². The minimum absolute atomic E-state index is 0.0488. The third-order valence-electron chi connectivity index (χ3n) is 6.08. The molecule has 1 fully saturated rings. The van der Waals surface area contributed by atoms with E-state index in [1.165, 1.54) is 11.1 Å². The summed E-state index contributed by atoms with van der Waals surface area (Å²) in [6, 6.07) is 16.8. The number of hydrogen-bond acceptors (Lipinski definition) is 5. The molecule has 1 amide bonds. The molecule has 1 saturated heterocycles. The zero-order valence-corrected chi connectivity index (χ0v) is 16.5. The summed E-state index contributed by atoms with van der Waals surface area (Å²) in [6.07, 6.45) is 1.23. The zero-order chi connectivity index (χ0) is 19.8. The maximum Gasteiger partial charge on any atom is 0.236 e. The molecule has 2 aliphatic heterocycles. The van der Waals surface area contributed by atoms with Crippen LogP contribution in [-0.4, -0.2) is 52.0 Å². The molecule has 1 unspecified atom stereocenters. The van der Waals surface area contributed by atoms with E-state index < -0.39 is 0 Å². The fourth-order valence-corrected chi connectivity index (χ4v) is 4.46. The molecule has 0 bridgehead atoms. The monoisotopic (exact) mass is 388 g/mol. The van der Waals surface area contributed by atoms with Gasteiger partial charge in [-0.25, -0.2) is 0 Å². The molecule has 0 aliphatic carbocycles. The number of carbonyl (C=O) groups is 1. The standard InChI is InChI=1S/C23H24N4O2/c1-16-6-2-4-8-18(16)23-24-21(29-25-23)14-22(28)27-13-12-26-11-10-17-7-3-5-9-19(17)20(26)15-27/h2-9,20H,10-15H2,1H3. The summed E-state index contributed by atoms with van der Waals surface area (Å²) in [5.41, 5.74) is 4.78. The number of benzene rings is 2. The Bertz CT molecular complexity index is 1040. The van der Waals surface area contributed by atoms with E-state index in [4.69, 9.17) is 4.52 Å². The van der Waals surface area contributed by atoms with Gasteiger partial charge in [0, 0.05) is 31.7 Å². The van der Waals surface area contributed by atoms with Gasteiger partial charge in [-0.15, -0.1) is 0 Å². The Hall–Kier alpha value is -2.99. The summed E-state index contributed by atoms with van der Waals surface area (Å²) in [5, 5.41) is 4.08. The zero-order valence-electron chi connectivity index (χ0n) is 16.5. The Labute approximate surface area is 170 Å². The van der Waals surface area contributed by atoms with E-state index in [2.05, 4.69) is 39.3 Å². The largest absolute Gasteiger partial charge is 0.339 e. The van der Waals surface area contributed by atoms with Gasteiger partial charge < -0.3 is 9.42 Å². The van der Waals surface area contributed by atoms with Crippen LogP contribution >= 0.6 is 0 Å². The number of amides is 1. The first kappa shape index (κ1) is 18.1. The maximum absolute atomic E-state index is 12.9. The van der Waals surface area contributed by atoms with E-state index in [1.807, 2.05) is 36.1 Å². The molecule has 2 aliphatic rings. The molecule has 3 aromatic rings. The third kappa shape index (κ3) is 3.44. The lowest BCUT2D eigenvalue weighted by Gasteiger charge is -2.44. The first-order valence-corrected chi connectivity index (χ1v) is 10.2. The Morgan fingerprint density at radius 1 is 1.10 bits per heavy atom. The van der Waals surface area contributed by atoms with Crippen molar-refractivity contribution in [3.05, 3.63) is 71.1 Å². The van der Waals surface area contributed by atoms with E-state index in [0.717, 1.165) is 37.2 Å². The fourth-order valence-electron chi connectivity index (χ4n) is 4.46. The minimum atomic E-state index is 0.0488. The van der Waals surface area contributed by atoms with Crippen LogP contribution in [0.15, 0.2) is 53.1 Å². The number of aryl methyl sites for hydroxylation is 1. The molecule has 6 heteroatoms. The Kier molecular flexibility index (Phi) is 4.64. The highest BCUT2D eigenvalue weighted by Gasteiger charge is 2.34. The number of nitrogens with zero attached hydrogens (tertiary/aromatic N) is 4. The lowest BCUT2D eigenvalue weighted by atomic mass is 9.91. The van der Waals surface area contributed by atoms with E-state index >= 15 is 0 Å². The van der Waals surface area contributed by atoms with Gasteiger partial charge in [-0.1, -0.05) is 53.7 Å². The van der Waals surface area contributed by atoms with Crippen molar-refractivity contribution in [2.75, 3.05) is 26.2 Å². The summed E-state index contributed by atoms with van der Waals surface area (Å²) in [7, 11) is 0. The van der Waals surface area contributed by atoms with E-state index in [1.54, 1.807) is 0 Å². The van der Waals surface area contributed by atoms with Gasteiger partial charge in [-0.05, 0) is 30.0 Å². The van der Waals surface area contributed by atoms with Crippen molar-refractivity contribution < 1.29 is 9.32 Å². The van der Waals surface area contributed by atoms with Crippen LogP contribution in [0.25, 0.3) is 11.4 Å². The van der Waals surface area contributed by atoms with Crippen LogP contribution in [0.2, 0.25) is 0 Å². The van der Waals surface area contributed by atoms with Crippen molar-refractivity contribution in [1.82, 2.24) is 19.9 Å². The van der Waals surface area contributed by atoms with E-state index in [-0.39, 0.29) is 18.4 Å². The Morgan fingerprint density at radius 3 is 2.83 bits per heavy atom. The number of rotatable bonds is 3. The molecule has 3 heterocycles. The third-order valence-corrected chi connectivity index (χ3v) is 6.08. The van der Waals surface area contributed by atoms with Crippen molar-refractivity contribution in [2.24, 2.45) is 0 Å². The van der Waals surface area contributed by atoms with Crippen LogP contribution in [0.4, 0.5) is 0 Å². The molecule has 1 aromatic heterocycles. The molecular formula is C23H24N4O2. The van der Waals surface area contributed by atoms with Crippen molar-refractivity contribution >= 4 is 5.91 Å². The Balaban J connectivity index is 1.30. The first-order valence-electron chi connectivity index (χ1n) is 10.2. The van der Waals surface area contributed by atoms with Gasteiger partial charge >= 0.3 is 0 Å². The number of piperazine rings is 1. The normalized spacial score (nSPS) is 18.9. The highest BCUT2D eigenvalue weighted by molar-refractivity contribution is 5.78. The van der Waals surface area contributed by atoms with Crippen LogP contribution in [0, 0.1) is 6.92 Å². The molecule has 5 rings (SSSR count). The molecule has 6 nitrogen and oxygen atoms in total. The van der Waals surface area contributed by atoms with Crippen molar-refractivity contribution in [3.63, 3.8) is 0 Å². The summed E-state index contributed by atoms with van der Waals surface area (Å²) in [5.74, 6) is 0.962. The number of carbonyl (C=O) groups excluding carboxylic acids is 1. The van der Waals surface area contributed by atoms with Gasteiger partial charge in [-0.3, -0.25) is 9.69 Å². The predicted octanol–water partition coefficient (Wildman–Crippen LogP) is 3.03. The summed E-state index contributed by atoms with van der Waals surface area (Å²) in [4.78, 5) is 21.8. The molecule has 0 radical (unpaired) electrons. The summed E-state index contributed by atoms with van der Waals surface area (Å²) >= 11 is 0. The SMILES string of the molecule is Cc1ccccc1-c1noc(CC(=O)N2CCN3CCc4ccccc4C3C2)n1. The number of hydrogen-bond donors (Lipinski definition) is 0. The lowest BCUT2D eigenvalue weighted by molar-refractivity contribution is -0.134. The lowest BCUT2D eigenvalue weighted by Crippen LogP contribution is -2.52. The van der Waals surface area contributed by atoms with Crippen LogP contribution in [0.3, 0.4) is 0 Å². The van der Waals surface area contributed by atoms with Crippen molar-refractivity contribution in [2.45, 2.75) is 25.8 Å². The van der Waals surface area contributed by atoms with Crippen LogP contribution in [0.1, 0.15) is 28.6 Å². The van der Waals surface area contributed by atoms with Gasteiger partial charge in [0.1, 0.15) is 6.42 Å². The van der Waals surface area contributed by atoms with Crippen molar-refractivity contribution in [3.8, 4) is 11.4 Å². The average Bonchev–Trinajstić information content (AvgIpc) is 3.21. The second-order valence-corrected chi connectivity index (χ2v) is 7.84. The van der Waals surface area contributed by atoms with Crippen molar-refractivity contribution in [1.29, 1.82) is 0 Å². The molecule has 0 saturated carbocycles. The van der Waals surface area contributed by atoms with Gasteiger partial charge in [0.25, 0.3) is 0 Å². The first-order chi connectivity index (χ1) is 14.2. The second-order valence-electron chi connectivity index (χ2n) is 7.84. The molecule has 0 spiro atoms. The quantitative estimate of drug-likeness (QED) is 0.690. The molecule has 1 atom stereocenters.